The molecule has 2 aliphatic rings. The molecular formula is C14H16ClNO2. The molecule has 96 valence electrons. The molecule has 1 saturated carbocycles. The van der Waals surface area contributed by atoms with Crippen molar-refractivity contribution in [2.24, 2.45) is 17.8 Å². The van der Waals surface area contributed by atoms with Crippen LogP contribution in [-0.4, -0.2) is 25.7 Å². The zero-order valence-electron chi connectivity index (χ0n) is 10.5. The van der Waals surface area contributed by atoms with Crippen LogP contribution in [0.15, 0.2) is 24.3 Å². The van der Waals surface area contributed by atoms with E-state index in [1.54, 1.807) is 0 Å². The SMILES string of the molecule is COC(=O)[C@@H]1[C@@H]2CN(c3cccc(Cl)c3)[C@H](C)[C@H]21. The van der Waals surface area contributed by atoms with Gasteiger partial charge in [0.15, 0.2) is 0 Å². The fourth-order valence-corrected chi connectivity index (χ4v) is 3.54. The maximum Gasteiger partial charge on any atom is 0.309 e. The quantitative estimate of drug-likeness (QED) is 0.770. The van der Waals surface area contributed by atoms with E-state index in [1.165, 1.54) is 7.11 Å². The highest BCUT2D eigenvalue weighted by Crippen LogP contribution is 2.56. The van der Waals surface area contributed by atoms with Gasteiger partial charge in [0.25, 0.3) is 0 Å². The number of esters is 1. The van der Waals surface area contributed by atoms with Crippen LogP contribution in [0.4, 0.5) is 5.69 Å². The van der Waals surface area contributed by atoms with E-state index in [9.17, 15) is 4.79 Å². The van der Waals surface area contributed by atoms with E-state index in [0.29, 0.717) is 17.9 Å². The monoisotopic (exact) mass is 265 g/mol. The smallest absolute Gasteiger partial charge is 0.309 e. The van der Waals surface area contributed by atoms with Crippen molar-refractivity contribution < 1.29 is 9.53 Å². The number of nitrogens with zero attached hydrogens (tertiary/aromatic N) is 1. The lowest BCUT2D eigenvalue weighted by Gasteiger charge is -2.28. The number of methoxy groups -OCH3 is 1. The molecule has 1 aliphatic heterocycles. The summed E-state index contributed by atoms with van der Waals surface area (Å²) in [6.07, 6.45) is 0. The molecule has 1 heterocycles. The van der Waals surface area contributed by atoms with Gasteiger partial charge in [0, 0.05) is 23.3 Å². The van der Waals surface area contributed by atoms with Crippen molar-refractivity contribution in [1.82, 2.24) is 0 Å². The standard InChI is InChI=1S/C14H16ClNO2/c1-8-12-11(13(12)14(17)18-2)7-16(8)10-5-3-4-9(15)6-10/h3-6,8,11-13H,7H2,1-2H3/t8-,11-,12-,13-/m1/s1. The van der Waals surface area contributed by atoms with Crippen molar-refractivity contribution in [2.75, 3.05) is 18.6 Å². The Morgan fingerprint density at radius 1 is 1.50 bits per heavy atom. The molecule has 18 heavy (non-hydrogen) atoms. The number of hydrogen-bond acceptors (Lipinski definition) is 3. The van der Waals surface area contributed by atoms with E-state index >= 15 is 0 Å². The summed E-state index contributed by atoms with van der Waals surface area (Å²) in [5.41, 5.74) is 1.14. The summed E-state index contributed by atoms with van der Waals surface area (Å²) >= 11 is 6.02. The number of halogens is 1. The first-order chi connectivity index (χ1) is 8.63. The van der Waals surface area contributed by atoms with Crippen LogP contribution in [0.25, 0.3) is 0 Å². The number of benzene rings is 1. The second kappa shape index (κ2) is 4.16. The van der Waals surface area contributed by atoms with Gasteiger partial charge in [0.1, 0.15) is 0 Å². The van der Waals surface area contributed by atoms with Crippen molar-refractivity contribution in [3.05, 3.63) is 29.3 Å². The maximum absolute atomic E-state index is 11.6. The lowest BCUT2D eigenvalue weighted by atomic mass is 10.1. The third-order valence-electron chi connectivity index (χ3n) is 4.30. The number of piperidine rings is 1. The van der Waals surface area contributed by atoms with Gasteiger partial charge in [-0.05, 0) is 37.0 Å². The number of rotatable bonds is 2. The van der Waals surface area contributed by atoms with E-state index < -0.39 is 0 Å². The molecule has 1 aromatic carbocycles. The van der Waals surface area contributed by atoms with Gasteiger partial charge in [-0.1, -0.05) is 17.7 Å². The topological polar surface area (TPSA) is 29.5 Å². The lowest BCUT2D eigenvalue weighted by Crippen LogP contribution is -2.33. The second-order valence-electron chi connectivity index (χ2n) is 5.16. The zero-order chi connectivity index (χ0) is 12.9. The summed E-state index contributed by atoms with van der Waals surface area (Å²) in [5, 5.41) is 0.754. The highest BCUT2D eigenvalue weighted by Gasteiger charge is 2.63. The van der Waals surface area contributed by atoms with E-state index in [4.69, 9.17) is 16.3 Å². The molecule has 0 bridgehead atoms. The van der Waals surface area contributed by atoms with E-state index in [2.05, 4.69) is 17.9 Å². The van der Waals surface area contributed by atoms with Crippen molar-refractivity contribution >= 4 is 23.3 Å². The first kappa shape index (κ1) is 11.8. The van der Waals surface area contributed by atoms with E-state index in [1.807, 2.05) is 18.2 Å². The number of ether oxygens (including phenoxy) is 1. The minimum Gasteiger partial charge on any atom is -0.469 e. The fraction of sp³-hybridized carbons (Fsp3) is 0.500. The third kappa shape index (κ3) is 1.69. The molecule has 0 spiro atoms. The fourth-order valence-electron chi connectivity index (χ4n) is 3.36. The predicted octanol–water partition coefficient (Wildman–Crippen LogP) is 2.58. The van der Waals surface area contributed by atoms with Crippen molar-refractivity contribution in [2.45, 2.75) is 13.0 Å². The van der Waals surface area contributed by atoms with Crippen molar-refractivity contribution in [3.63, 3.8) is 0 Å². The van der Waals surface area contributed by atoms with Gasteiger partial charge >= 0.3 is 5.97 Å². The van der Waals surface area contributed by atoms with Gasteiger partial charge in [0.05, 0.1) is 13.0 Å². The molecule has 4 atom stereocenters. The van der Waals surface area contributed by atoms with Crippen LogP contribution in [0.5, 0.6) is 0 Å². The molecule has 0 N–H and O–H groups in total. The molecule has 0 aromatic heterocycles. The van der Waals surface area contributed by atoms with Crippen LogP contribution >= 0.6 is 11.6 Å². The molecule has 2 fully saturated rings. The van der Waals surface area contributed by atoms with Gasteiger partial charge in [-0.2, -0.15) is 0 Å². The third-order valence-corrected chi connectivity index (χ3v) is 4.53. The summed E-state index contributed by atoms with van der Waals surface area (Å²) < 4.78 is 4.84. The van der Waals surface area contributed by atoms with E-state index in [-0.39, 0.29) is 11.9 Å². The second-order valence-corrected chi connectivity index (χ2v) is 5.60. The molecule has 3 rings (SSSR count). The minimum absolute atomic E-state index is 0.0532. The molecule has 0 amide bonds. The zero-order valence-corrected chi connectivity index (χ0v) is 11.2. The number of carbonyl (C=O) groups excluding carboxylic acids is 1. The number of hydrogen-bond donors (Lipinski definition) is 0. The number of anilines is 1. The Hall–Kier alpha value is -1.22. The Morgan fingerprint density at radius 2 is 2.28 bits per heavy atom. The van der Waals surface area contributed by atoms with Crippen LogP contribution < -0.4 is 4.90 Å². The number of fused-ring (bicyclic) bond motifs is 1. The predicted molar refractivity (Wildman–Crippen MR) is 70.7 cm³/mol. The van der Waals surface area contributed by atoms with Crippen LogP contribution in [0.1, 0.15) is 6.92 Å². The summed E-state index contributed by atoms with van der Waals surface area (Å²) in [6.45, 7) is 3.10. The van der Waals surface area contributed by atoms with Crippen LogP contribution in [-0.2, 0) is 9.53 Å². The van der Waals surface area contributed by atoms with Crippen LogP contribution in [0, 0.1) is 17.8 Å². The molecule has 4 heteroatoms. The first-order valence-electron chi connectivity index (χ1n) is 6.23. The largest absolute Gasteiger partial charge is 0.469 e. The average molecular weight is 266 g/mol. The molecule has 1 saturated heterocycles. The molecule has 0 unspecified atom stereocenters. The normalized spacial score (nSPS) is 33.2. The number of carbonyl (C=O) groups is 1. The Morgan fingerprint density at radius 3 is 2.83 bits per heavy atom. The van der Waals surface area contributed by atoms with Gasteiger partial charge in [0.2, 0.25) is 0 Å². The highest BCUT2D eigenvalue weighted by molar-refractivity contribution is 6.30. The van der Waals surface area contributed by atoms with Crippen molar-refractivity contribution in [3.8, 4) is 0 Å². The molecule has 3 nitrogen and oxygen atoms in total. The molecule has 0 radical (unpaired) electrons. The van der Waals surface area contributed by atoms with E-state index in [0.717, 1.165) is 17.3 Å². The van der Waals surface area contributed by atoms with Gasteiger partial charge in [-0.3, -0.25) is 4.79 Å². The van der Waals surface area contributed by atoms with Gasteiger partial charge in [-0.25, -0.2) is 0 Å². The highest BCUT2D eigenvalue weighted by atomic mass is 35.5. The lowest BCUT2D eigenvalue weighted by molar-refractivity contribution is -0.143. The van der Waals surface area contributed by atoms with Gasteiger partial charge < -0.3 is 9.64 Å². The van der Waals surface area contributed by atoms with Crippen molar-refractivity contribution in [1.29, 1.82) is 0 Å². The van der Waals surface area contributed by atoms with Crippen LogP contribution in [0.2, 0.25) is 5.02 Å². The molecular weight excluding hydrogens is 250 g/mol. The Bertz CT molecular complexity index is 490. The summed E-state index contributed by atoms with van der Waals surface area (Å²) in [4.78, 5) is 13.9. The van der Waals surface area contributed by atoms with Crippen LogP contribution in [0.3, 0.4) is 0 Å². The Labute approximate surface area is 112 Å². The molecule has 1 aliphatic carbocycles. The molecule has 1 aromatic rings. The summed E-state index contributed by atoms with van der Waals surface area (Å²) in [5.74, 6) is 0.950. The Kier molecular flexibility index (Phi) is 2.74. The summed E-state index contributed by atoms with van der Waals surface area (Å²) in [7, 11) is 1.47. The summed E-state index contributed by atoms with van der Waals surface area (Å²) in [6, 6.07) is 8.27. The minimum atomic E-state index is -0.0532. The average Bonchev–Trinajstić information content (AvgIpc) is 2.99. The maximum atomic E-state index is 11.6. The Balaban J connectivity index is 1.75. The first-order valence-corrected chi connectivity index (χ1v) is 6.61. The van der Waals surface area contributed by atoms with Gasteiger partial charge in [-0.15, -0.1) is 0 Å².